The number of imidazole rings is 1. The Labute approximate surface area is 126 Å². The maximum atomic E-state index is 10.7. The van der Waals surface area contributed by atoms with Crippen molar-refractivity contribution in [1.82, 2.24) is 9.38 Å². The molecule has 3 aromatic rings. The van der Waals surface area contributed by atoms with E-state index >= 15 is 0 Å². The highest BCUT2D eigenvalue weighted by Crippen LogP contribution is 2.37. The number of thiophene rings is 1. The first kappa shape index (κ1) is 13.2. The third-order valence-electron chi connectivity index (χ3n) is 2.68. The van der Waals surface area contributed by atoms with Gasteiger partial charge in [0.1, 0.15) is 11.5 Å². The van der Waals surface area contributed by atoms with Crippen LogP contribution in [0.4, 0.5) is 10.8 Å². The molecule has 3 aromatic heterocycles. The van der Waals surface area contributed by atoms with Gasteiger partial charge in [-0.3, -0.25) is 14.5 Å². The normalized spacial score (nSPS) is 11.1. The first-order chi connectivity index (χ1) is 9.47. The number of rotatable bonds is 2. The number of nitrogens with zero attached hydrogens (tertiary/aromatic N) is 3. The highest BCUT2D eigenvalue weighted by molar-refractivity contribution is 7.18. The van der Waals surface area contributed by atoms with Crippen molar-refractivity contribution in [2.75, 3.05) is 5.73 Å². The Kier molecular flexibility index (Phi) is 3.04. The van der Waals surface area contributed by atoms with Crippen molar-refractivity contribution in [3.63, 3.8) is 0 Å². The average molecular weight is 329 g/mol. The molecule has 3 heterocycles. The van der Waals surface area contributed by atoms with Crippen LogP contribution in [0.2, 0.25) is 10.0 Å². The number of fused-ring (bicyclic) bond motifs is 1. The largest absolute Gasteiger partial charge is 0.383 e. The van der Waals surface area contributed by atoms with Crippen molar-refractivity contribution in [2.24, 2.45) is 0 Å². The molecule has 0 bridgehead atoms. The van der Waals surface area contributed by atoms with Gasteiger partial charge in [-0.1, -0.05) is 34.5 Å². The molecule has 0 aliphatic carbocycles. The molecule has 0 radical (unpaired) electrons. The standard InChI is InChI=1S/C11H6Cl2N4O2S/c12-5-3-6(13)11-15-9(10(14)16(11)4-5)7-1-2-8(20-7)17(18)19/h1-4H,14H2. The third kappa shape index (κ3) is 2.00. The number of nitrogen functional groups attached to an aromatic ring is 1. The van der Waals surface area contributed by atoms with Gasteiger partial charge in [-0.15, -0.1) is 0 Å². The molecule has 0 unspecified atom stereocenters. The van der Waals surface area contributed by atoms with E-state index in [1.165, 1.54) is 6.07 Å². The molecule has 0 amide bonds. The fourth-order valence-electron chi connectivity index (χ4n) is 1.82. The Morgan fingerprint density at radius 3 is 2.80 bits per heavy atom. The quantitative estimate of drug-likeness (QED) is 0.571. The summed E-state index contributed by atoms with van der Waals surface area (Å²) < 4.78 is 1.56. The van der Waals surface area contributed by atoms with Gasteiger partial charge in [0.2, 0.25) is 0 Å². The SMILES string of the molecule is Nc1c(-c2ccc([N+](=O)[O-])s2)nc2c(Cl)cc(Cl)cn12. The van der Waals surface area contributed by atoms with Crippen LogP contribution < -0.4 is 5.73 Å². The lowest BCUT2D eigenvalue weighted by atomic mass is 10.3. The Bertz CT molecular complexity index is 842. The molecule has 0 atom stereocenters. The summed E-state index contributed by atoms with van der Waals surface area (Å²) >= 11 is 13.0. The third-order valence-corrected chi connectivity index (χ3v) is 4.21. The minimum atomic E-state index is -0.454. The maximum absolute atomic E-state index is 10.7. The lowest BCUT2D eigenvalue weighted by Crippen LogP contribution is -1.93. The van der Waals surface area contributed by atoms with Crippen molar-refractivity contribution in [2.45, 2.75) is 0 Å². The van der Waals surface area contributed by atoms with E-state index in [4.69, 9.17) is 28.9 Å². The lowest BCUT2D eigenvalue weighted by Gasteiger charge is -1.99. The zero-order chi connectivity index (χ0) is 14.4. The molecule has 0 aliphatic heterocycles. The number of halogens is 2. The molecule has 0 aliphatic rings. The molecule has 20 heavy (non-hydrogen) atoms. The van der Waals surface area contributed by atoms with Gasteiger partial charge in [0.25, 0.3) is 0 Å². The van der Waals surface area contributed by atoms with Crippen LogP contribution in [0.3, 0.4) is 0 Å². The van der Waals surface area contributed by atoms with Crippen LogP contribution in [0.5, 0.6) is 0 Å². The minimum absolute atomic E-state index is 0.0283. The van der Waals surface area contributed by atoms with Crippen molar-refractivity contribution < 1.29 is 4.92 Å². The first-order valence-corrected chi connectivity index (χ1v) is 6.92. The Morgan fingerprint density at radius 2 is 2.15 bits per heavy atom. The predicted molar refractivity (Wildman–Crippen MR) is 79.6 cm³/mol. The number of aromatic nitrogens is 2. The second kappa shape index (κ2) is 4.62. The average Bonchev–Trinajstić information content (AvgIpc) is 2.95. The molecule has 0 aromatic carbocycles. The Hall–Kier alpha value is -1.83. The van der Waals surface area contributed by atoms with Crippen LogP contribution in [-0.2, 0) is 0 Å². The molecule has 3 rings (SSSR count). The van der Waals surface area contributed by atoms with Gasteiger partial charge >= 0.3 is 5.00 Å². The fraction of sp³-hybridized carbons (Fsp3) is 0. The van der Waals surface area contributed by atoms with Gasteiger partial charge in [-0.25, -0.2) is 4.98 Å². The lowest BCUT2D eigenvalue weighted by molar-refractivity contribution is -0.380. The number of anilines is 1. The van der Waals surface area contributed by atoms with Crippen LogP contribution in [0.25, 0.3) is 16.2 Å². The van der Waals surface area contributed by atoms with E-state index in [-0.39, 0.29) is 5.00 Å². The van der Waals surface area contributed by atoms with Gasteiger partial charge in [0, 0.05) is 12.3 Å². The number of nitrogens with two attached hydrogens (primary N) is 1. The van der Waals surface area contributed by atoms with Gasteiger partial charge in [-0.05, 0) is 12.1 Å². The zero-order valence-electron chi connectivity index (χ0n) is 9.71. The minimum Gasteiger partial charge on any atom is -0.383 e. The molecule has 6 nitrogen and oxygen atoms in total. The summed E-state index contributed by atoms with van der Waals surface area (Å²) in [4.78, 5) is 15.2. The second-order valence-corrected chi connectivity index (χ2v) is 5.85. The van der Waals surface area contributed by atoms with E-state index in [0.29, 0.717) is 32.1 Å². The molecule has 102 valence electrons. The summed E-state index contributed by atoms with van der Waals surface area (Å²) in [5.41, 5.74) is 6.92. The van der Waals surface area contributed by atoms with Gasteiger partial charge in [-0.2, -0.15) is 0 Å². The second-order valence-electron chi connectivity index (χ2n) is 3.94. The Morgan fingerprint density at radius 1 is 1.40 bits per heavy atom. The van der Waals surface area contributed by atoms with Crippen LogP contribution in [0.1, 0.15) is 0 Å². The summed E-state index contributed by atoms with van der Waals surface area (Å²) in [5, 5.41) is 11.5. The number of hydrogen-bond acceptors (Lipinski definition) is 5. The number of nitro groups is 1. The summed E-state index contributed by atoms with van der Waals surface area (Å²) in [6, 6.07) is 4.58. The molecule has 9 heteroatoms. The molecular formula is C11H6Cl2N4O2S. The van der Waals surface area contributed by atoms with E-state index in [9.17, 15) is 10.1 Å². The summed E-state index contributed by atoms with van der Waals surface area (Å²) in [6.07, 6.45) is 1.59. The fourth-order valence-corrected chi connectivity index (χ4v) is 3.16. The zero-order valence-corrected chi connectivity index (χ0v) is 12.0. The van der Waals surface area contributed by atoms with E-state index in [1.54, 1.807) is 22.7 Å². The maximum Gasteiger partial charge on any atom is 0.324 e. The summed E-state index contributed by atoms with van der Waals surface area (Å²) in [6.45, 7) is 0. The van der Waals surface area contributed by atoms with Crippen LogP contribution in [-0.4, -0.2) is 14.3 Å². The van der Waals surface area contributed by atoms with E-state index in [1.807, 2.05) is 0 Å². The van der Waals surface area contributed by atoms with Gasteiger partial charge < -0.3 is 5.73 Å². The van der Waals surface area contributed by atoms with Gasteiger partial charge in [0.05, 0.1) is 19.8 Å². The number of pyridine rings is 1. The topological polar surface area (TPSA) is 86.5 Å². The molecular weight excluding hydrogens is 323 g/mol. The predicted octanol–water partition coefficient (Wildman–Crippen LogP) is 3.86. The van der Waals surface area contributed by atoms with Crippen LogP contribution in [0.15, 0.2) is 24.4 Å². The van der Waals surface area contributed by atoms with E-state index in [0.717, 1.165) is 11.3 Å². The summed E-state index contributed by atoms with van der Waals surface area (Å²) in [5.74, 6) is 0.334. The molecule has 0 saturated carbocycles. The molecule has 0 spiro atoms. The van der Waals surface area contributed by atoms with Crippen molar-refractivity contribution in [3.05, 3.63) is 44.6 Å². The van der Waals surface area contributed by atoms with Crippen molar-refractivity contribution in [3.8, 4) is 10.6 Å². The molecule has 0 fully saturated rings. The van der Waals surface area contributed by atoms with Crippen molar-refractivity contribution >= 4 is 51.0 Å². The van der Waals surface area contributed by atoms with Crippen LogP contribution >= 0.6 is 34.5 Å². The highest BCUT2D eigenvalue weighted by atomic mass is 35.5. The molecule has 2 N–H and O–H groups in total. The highest BCUT2D eigenvalue weighted by Gasteiger charge is 2.18. The first-order valence-electron chi connectivity index (χ1n) is 5.34. The van der Waals surface area contributed by atoms with Crippen LogP contribution in [0, 0.1) is 10.1 Å². The smallest absolute Gasteiger partial charge is 0.324 e. The monoisotopic (exact) mass is 328 g/mol. The molecule has 0 saturated heterocycles. The van der Waals surface area contributed by atoms with Crippen molar-refractivity contribution in [1.29, 1.82) is 0 Å². The van der Waals surface area contributed by atoms with Gasteiger partial charge in [0.15, 0.2) is 5.65 Å². The summed E-state index contributed by atoms with van der Waals surface area (Å²) in [7, 11) is 0. The van der Waals surface area contributed by atoms with E-state index in [2.05, 4.69) is 4.98 Å². The van der Waals surface area contributed by atoms with E-state index < -0.39 is 4.92 Å². The number of hydrogen-bond donors (Lipinski definition) is 1. The Balaban J connectivity index is 2.23.